The van der Waals surface area contributed by atoms with Crippen molar-refractivity contribution in [2.45, 2.75) is 13.2 Å². The summed E-state index contributed by atoms with van der Waals surface area (Å²) in [5.41, 5.74) is 0. The fourth-order valence-electron chi connectivity index (χ4n) is 0.943. The summed E-state index contributed by atoms with van der Waals surface area (Å²) in [5.74, 6) is 1.41. The second kappa shape index (κ2) is 4.72. The molecule has 0 heterocycles. The fraction of sp³-hybridized carbons (Fsp3) is 0.400. The molecule has 1 atom stereocenters. The van der Waals surface area contributed by atoms with Crippen molar-refractivity contribution in [2.24, 2.45) is 0 Å². The van der Waals surface area contributed by atoms with Gasteiger partial charge in [0.15, 0.2) is 17.8 Å². The molecule has 3 heteroatoms. The molecule has 0 N–H and O–H groups in total. The van der Waals surface area contributed by atoms with Gasteiger partial charge in [0.2, 0.25) is 0 Å². The van der Waals surface area contributed by atoms with Gasteiger partial charge in [0.05, 0.1) is 7.11 Å². The van der Waals surface area contributed by atoms with Crippen LogP contribution >= 0.6 is 0 Å². The lowest BCUT2D eigenvalue weighted by molar-refractivity contribution is -0.0395. The summed E-state index contributed by atoms with van der Waals surface area (Å²) in [6.07, 6.45) is -0.267. The Morgan fingerprint density at radius 2 is 1.69 bits per heavy atom. The molecule has 0 bridgehead atoms. The molecule has 0 saturated heterocycles. The first kappa shape index (κ1) is 9.86. The van der Waals surface area contributed by atoms with E-state index in [2.05, 4.69) is 0 Å². The molecule has 0 radical (unpaired) electrons. The van der Waals surface area contributed by atoms with Gasteiger partial charge in [0, 0.05) is 7.11 Å². The molecule has 0 aliphatic rings. The van der Waals surface area contributed by atoms with E-state index < -0.39 is 0 Å². The Bertz CT molecular complexity index is 260. The van der Waals surface area contributed by atoms with Crippen molar-refractivity contribution in [1.82, 2.24) is 0 Å². The highest BCUT2D eigenvalue weighted by Gasteiger charge is 2.06. The average Bonchev–Trinajstić information content (AvgIpc) is 2.18. The number of para-hydroxylation sites is 2. The highest BCUT2D eigenvalue weighted by atomic mass is 16.7. The van der Waals surface area contributed by atoms with Crippen molar-refractivity contribution in [1.29, 1.82) is 0 Å². The van der Waals surface area contributed by atoms with E-state index in [1.165, 1.54) is 0 Å². The van der Waals surface area contributed by atoms with Gasteiger partial charge in [-0.2, -0.15) is 0 Å². The summed E-state index contributed by atoms with van der Waals surface area (Å²) < 4.78 is 15.5. The highest BCUT2D eigenvalue weighted by Crippen LogP contribution is 2.26. The van der Waals surface area contributed by atoms with Crippen LogP contribution < -0.4 is 9.47 Å². The van der Waals surface area contributed by atoms with Crippen LogP contribution in [0.25, 0.3) is 0 Å². The van der Waals surface area contributed by atoms with E-state index in [-0.39, 0.29) is 6.29 Å². The minimum absolute atomic E-state index is 0.267. The molecule has 13 heavy (non-hydrogen) atoms. The van der Waals surface area contributed by atoms with Crippen molar-refractivity contribution in [3.05, 3.63) is 24.3 Å². The third-order valence-corrected chi connectivity index (χ3v) is 1.69. The zero-order chi connectivity index (χ0) is 9.68. The summed E-state index contributed by atoms with van der Waals surface area (Å²) >= 11 is 0. The predicted octanol–water partition coefficient (Wildman–Crippen LogP) is 2.07. The van der Waals surface area contributed by atoms with E-state index in [4.69, 9.17) is 14.2 Å². The number of hydrogen-bond acceptors (Lipinski definition) is 3. The third kappa shape index (κ3) is 2.63. The van der Waals surface area contributed by atoms with Gasteiger partial charge in [-0.25, -0.2) is 0 Å². The Labute approximate surface area is 78.2 Å². The van der Waals surface area contributed by atoms with Crippen LogP contribution in [0.3, 0.4) is 0 Å². The normalized spacial score (nSPS) is 12.2. The first-order chi connectivity index (χ1) is 6.27. The van der Waals surface area contributed by atoms with E-state index in [1.54, 1.807) is 14.2 Å². The van der Waals surface area contributed by atoms with Crippen LogP contribution in [0.2, 0.25) is 0 Å². The molecule has 1 aromatic carbocycles. The summed E-state index contributed by atoms with van der Waals surface area (Å²) in [6.45, 7) is 1.83. The van der Waals surface area contributed by atoms with Crippen molar-refractivity contribution in [3.63, 3.8) is 0 Å². The summed E-state index contributed by atoms with van der Waals surface area (Å²) in [6, 6.07) is 7.47. The van der Waals surface area contributed by atoms with Crippen LogP contribution in [0.4, 0.5) is 0 Å². The number of benzene rings is 1. The molecule has 0 spiro atoms. The standard InChI is InChI=1S/C10H14O3/c1-8(11-2)13-10-7-5-4-6-9(10)12-3/h4-8H,1-3H3. The Morgan fingerprint density at radius 1 is 1.08 bits per heavy atom. The maximum absolute atomic E-state index is 5.44. The molecule has 1 aromatic rings. The van der Waals surface area contributed by atoms with Gasteiger partial charge in [0.1, 0.15) is 0 Å². The molecule has 72 valence electrons. The molecular formula is C10H14O3. The number of hydrogen-bond donors (Lipinski definition) is 0. The summed E-state index contributed by atoms with van der Waals surface area (Å²) in [4.78, 5) is 0. The first-order valence-corrected chi connectivity index (χ1v) is 4.10. The van der Waals surface area contributed by atoms with Gasteiger partial charge in [-0.3, -0.25) is 0 Å². The fourth-order valence-corrected chi connectivity index (χ4v) is 0.943. The van der Waals surface area contributed by atoms with Crippen molar-refractivity contribution < 1.29 is 14.2 Å². The second-order valence-electron chi connectivity index (χ2n) is 2.57. The lowest BCUT2D eigenvalue weighted by Crippen LogP contribution is -2.13. The van der Waals surface area contributed by atoms with Crippen LogP contribution in [0, 0.1) is 0 Å². The van der Waals surface area contributed by atoms with Gasteiger partial charge in [-0.15, -0.1) is 0 Å². The molecule has 0 aromatic heterocycles. The van der Waals surface area contributed by atoms with E-state index in [1.807, 2.05) is 31.2 Å². The minimum Gasteiger partial charge on any atom is -0.493 e. The quantitative estimate of drug-likeness (QED) is 0.667. The topological polar surface area (TPSA) is 27.7 Å². The number of methoxy groups -OCH3 is 2. The van der Waals surface area contributed by atoms with Crippen LogP contribution in [0.5, 0.6) is 11.5 Å². The van der Waals surface area contributed by atoms with Gasteiger partial charge in [-0.1, -0.05) is 12.1 Å². The lowest BCUT2D eigenvalue weighted by Gasteiger charge is -2.14. The summed E-state index contributed by atoms with van der Waals surface area (Å²) in [5, 5.41) is 0. The molecular weight excluding hydrogens is 168 g/mol. The second-order valence-corrected chi connectivity index (χ2v) is 2.57. The van der Waals surface area contributed by atoms with E-state index >= 15 is 0 Å². The van der Waals surface area contributed by atoms with Crippen LogP contribution in [0.15, 0.2) is 24.3 Å². The van der Waals surface area contributed by atoms with E-state index in [0.29, 0.717) is 11.5 Å². The Morgan fingerprint density at radius 3 is 2.23 bits per heavy atom. The molecule has 1 unspecified atom stereocenters. The maximum Gasteiger partial charge on any atom is 0.196 e. The first-order valence-electron chi connectivity index (χ1n) is 4.10. The maximum atomic E-state index is 5.44. The van der Waals surface area contributed by atoms with E-state index in [0.717, 1.165) is 0 Å². The zero-order valence-corrected chi connectivity index (χ0v) is 8.11. The van der Waals surface area contributed by atoms with Gasteiger partial charge in [0.25, 0.3) is 0 Å². The van der Waals surface area contributed by atoms with Crippen LogP contribution in [-0.2, 0) is 4.74 Å². The molecule has 0 fully saturated rings. The SMILES string of the molecule is COc1ccccc1OC(C)OC. The van der Waals surface area contributed by atoms with Crippen molar-refractivity contribution in [3.8, 4) is 11.5 Å². The lowest BCUT2D eigenvalue weighted by atomic mass is 10.3. The predicted molar refractivity (Wildman–Crippen MR) is 50.1 cm³/mol. The largest absolute Gasteiger partial charge is 0.493 e. The molecule has 0 amide bonds. The van der Waals surface area contributed by atoms with E-state index in [9.17, 15) is 0 Å². The van der Waals surface area contributed by atoms with Crippen LogP contribution in [-0.4, -0.2) is 20.5 Å². The summed E-state index contributed by atoms with van der Waals surface area (Å²) in [7, 11) is 3.21. The molecule has 0 aliphatic heterocycles. The monoisotopic (exact) mass is 182 g/mol. The minimum atomic E-state index is -0.267. The van der Waals surface area contributed by atoms with Gasteiger partial charge in [-0.05, 0) is 19.1 Å². The Hall–Kier alpha value is -1.22. The number of ether oxygens (including phenoxy) is 3. The molecule has 3 nitrogen and oxygen atoms in total. The zero-order valence-electron chi connectivity index (χ0n) is 8.11. The third-order valence-electron chi connectivity index (χ3n) is 1.69. The van der Waals surface area contributed by atoms with Crippen molar-refractivity contribution in [2.75, 3.05) is 14.2 Å². The Balaban J connectivity index is 2.74. The van der Waals surface area contributed by atoms with Gasteiger partial charge < -0.3 is 14.2 Å². The molecule has 0 aliphatic carbocycles. The van der Waals surface area contributed by atoms with Crippen LogP contribution in [0.1, 0.15) is 6.92 Å². The highest BCUT2D eigenvalue weighted by molar-refractivity contribution is 5.39. The van der Waals surface area contributed by atoms with Crippen molar-refractivity contribution >= 4 is 0 Å². The van der Waals surface area contributed by atoms with Gasteiger partial charge >= 0.3 is 0 Å². The Kier molecular flexibility index (Phi) is 3.58. The molecule has 0 saturated carbocycles. The average molecular weight is 182 g/mol. The smallest absolute Gasteiger partial charge is 0.196 e. The number of rotatable bonds is 4. The molecule has 1 rings (SSSR count).